The fourth-order valence-electron chi connectivity index (χ4n) is 2.65. The molecule has 4 rings (SSSR count). The molecule has 0 unspecified atom stereocenters. The predicted molar refractivity (Wildman–Crippen MR) is 106 cm³/mol. The topological polar surface area (TPSA) is 119 Å². The van der Waals surface area contributed by atoms with Crippen LogP contribution in [0.25, 0.3) is 10.9 Å². The first-order valence-electron chi connectivity index (χ1n) is 8.10. The number of aromatic nitrogens is 4. The molecule has 28 heavy (non-hydrogen) atoms. The Kier molecular flexibility index (Phi) is 4.65. The SMILES string of the molecule is O=[N+]([O-])c1c(Nc2ccc(Cl)cn2)ncnc1Nc1cccc2ncccc12. The molecule has 0 radical (unpaired) electrons. The molecule has 3 aromatic heterocycles. The fourth-order valence-corrected chi connectivity index (χ4v) is 2.76. The van der Waals surface area contributed by atoms with E-state index >= 15 is 0 Å². The van der Waals surface area contributed by atoms with Crippen LogP contribution in [0.1, 0.15) is 0 Å². The van der Waals surface area contributed by atoms with E-state index in [9.17, 15) is 10.1 Å². The van der Waals surface area contributed by atoms with Gasteiger partial charge in [-0.1, -0.05) is 17.7 Å². The Morgan fingerprint density at radius 1 is 0.929 bits per heavy atom. The van der Waals surface area contributed by atoms with Gasteiger partial charge in [0.25, 0.3) is 0 Å². The summed E-state index contributed by atoms with van der Waals surface area (Å²) in [4.78, 5) is 27.6. The Morgan fingerprint density at radius 2 is 1.75 bits per heavy atom. The van der Waals surface area contributed by atoms with Crippen LogP contribution in [0.15, 0.2) is 61.2 Å². The molecule has 9 nitrogen and oxygen atoms in total. The molecule has 0 spiro atoms. The van der Waals surface area contributed by atoms with E-state index in [0.717, 1.165) is 10.9 Å². The summed E-state index contributed by atoms with van der Waals surface area (Å²) in [6.45, 7) is 0. The van der Waals surface area contributed by atoms with Gasteiger partial charge >= 0.3 is 5.69 Å². The molecule has 10 heteroatoms. The molecular formula is C18H12ClN7O2. The van der Waals surface area contributed by atoms with Crippen molar-refractivity contribution in [2.75, 3.05) is 10.6 Å². The van der Waals surface area contributed by atoms with Gasteiger partial charge in [-0.3, -0.25) is 15.1 Å². The summed E-state index contributed by atoms with van der Waals surface area (Å²) in [5, 5.41) is 18.8. The van der Waals surface area contributed by atoms with Crippen molar-refractivity contribution in [1.29, 1.82) is 0 Å². The monoisotopic (exact) mass is 393 g/mol. The lowest BCUT2D eigenvalue weighted by molar-refractivity contribution is -0.383. The molecule has 0 saturated heterocycles. The smallest absolute Gasteiger partial charge is 0.334 e. The second-order valence-electron chi connectivity index (χ2n) is 5.66. The number of fused-ring (bicyclic) bond motifs is 1. The van der Waals surface area contributed by atoms with Gasteiger partial charge in [-0.05, 0) is 36.4 Å². The summed E-state index contributed by atoms with van der Waals surface area (Å²) in [6.07, 6.45) is 4.34. The first kappa shape index (κ1) is 17.6. The number of nitrogens with zero attached hydrogens (tertiary/aromatic N) is 5. The van der Waals surface area contributed by atoms with E-state index in [1.54, 1.807) is 30.5 Å². The van der Waals surface area contributed by atoms with E-state index in [-0.39, 0.29) is 17.3 Å². The molecule has 0 saturated carbocycles. The molecule has 138 valence electrons. The highest BCUT2D eigenvalue weighted by Crippen LogP contribution is 2.34. The van der Waals surface area contributed by atoms with Crippen molar-refractivity contribution in [3.05, 3.63) is 76.3 Å². The number of benzene rings is 1. The van der Waals surface area contributed by atoms with Crippen LogP contribution in [0.3, 0.4) is 0 Å². The quantitative estimate of drug-likeness (QED) is 0.376. The normalized spacial score (nSPS) is 10.6. The van der Waals surface area contributed by atoms with Crippen molar-refractivity contribution in [3.8, 4) is 0 Å². The van der Waals surface area contributed by atoms with E-state index in [0.29, 0.717) is 16.5 Å². The minimum absolute atomic E-state index is 0.00989. The van der Waals surface area contributed by atoms with E-state index < -0.39 is 4.92 Å². The zero-order valence-electron chi connectivity index (χ0n) is 14.2. The minimum atomic E-state index is -0.552. The maximum absolute atomic E-state index is 11.7. The summed E-state index contributed by atoms with van der Waals surface area (Å²) in [6, 6.07) is 12.3. The number of nitrogens with one attached hydrogen (secondary N) is 2. The van der Waals surface area contributed by atoms with Gasteiger partial charge in [0.05, 0.1) is 15.5 Å². The lowest BCUT2D eigenvalue weighted by Crippen LogP contribution is -2.06. The number of halogens is 1. The highest BCUT2D eigenvalue weighted by molar-refractivity contribution is 6.30. The Bertz CT molecular complexity index is 1160. The van der Waals surface area contributed by atoms with Gasteiger partial charge in [0, 0.05) is 23.5 Å². The van der Waals surface area contributed by atoms with Crippen LogP contribution in [0, 0.1) is 10.1 Å². The lowest BCUT2D eigenvalue weighted by atomic mass is 10.2. The fraction of sp³-hybridized carbons (Fsp3) is 0. The Hall–Kier alpha value is -3.85. The van der Waals surface area contributed by atoms with Crippen LogP contribution in [-0.4, -0.2) is 24.9 Å². The van der Waals surface area contributed by atoms with E-state index in [1.165, 1.54) is 12.5 Å². The number of anilines is 4. The Morgan fingerprint density at radius 3 is 2.50 bits per heavy atom. The second-order valence-corrected chi connectivity index (χ2v) is 6.10. The van der Waals surface area contributed by atoms with Crippen LogP contribution < -0.4 is 10.6 Å². The highest BCUT2D eigenvalue weighted by Gasteiger charge is 2.24. The zero-order chi connectivity index (χ0) is 19.5. The molecule has 0 amide bonds. The van der Waals surface area contributed by atoms with Crippen molar-refractivity contribution in [2.24, 2.45) is 0 Å². The van der Waals surface area contributed by atoms with Gasteiger partial charge in [0.1, 0.15) is 12.1 Å². The summed E-state index contributed by atoms with van der Waals surface area (Å²) < 4.78 is 0. The van der Waals surface area contributed by atoms with Gasteiger partial charge in [-0.2, -0.15) is 0 Å². The van der Waals surface area contributed by atoms with E-state index in [4.69, 9.17) is 11.6 Å². The first-order chi connectivity index (χ1) is 13.6. The number of rotatable bonds is 5. The van der Waals surface area contributed by atoms with Crippen molar-refractivity contribution in [3.63, 3.8) is 0 Å². The Labute approximate surface area is 163 Å². The molecule has 2 N–H and O–H groups in total. The average Bonchev–Trinajstić information content (AvgIpc) is 2.70. The highest BCUT2D eigenvalue weighted by atomic mass is 35.5. The van der Waals surface area contributed by atoms with Crippen molar-refractivity contribution in [1.82, 2.24) is 19.9 Å². The molecular weight excluding hydrogens is 382 g/mol. The van der Waals surface area contributed by atoms with Gasteiger partial charge in [-0.15, -0.1) is 0 Å². The van der Waals surface area contributed by atoms with Gasteiger partial charge in [0.2, 0.25) is 11.6 Å². The molecule has 3 heterocycles. The molecule has 0 aliphatic rings. The predicted octanol–water partition coefficient (Wildman–Crippen LogP) is 4.47. The van der Waals surface area contributed by atoms with Crippen LogP contribution >= 0.6 is 11.6 Å². The molecule has 0 bridgehead atoms. The number of pyridine rings is 2. The maximum atomic E-state index is 11.7. The number of hydrogen-bond donors (Lipinski definition) is 2. The number of hydrogen-bond acceptors (Lipinski definition) is 8. The molecule has 1 aromatic carbocycles. The van der Waals surface area contributed by atoms with E-state index in [2.05, 4.69) is 30.6 Å². The molecule has 0 fully saturated rings. The van der Waals surface area contributed by atoms with Gasteiger partial charge in [0.15, 0.2) is 0 Å². The van der Waals surface area contributed by atoms with Crippen molar-refractivity contribution >= 4 is 51.3 Å². The summed E-state index contributed by atoms with van der Waals surface area (Å²) in [5.41, 5.74) is 1.09. The largest absolute Gasteiger partial charge is 0.353 e. The molecule has 0 aliphatic heterocycles. The summed E-state index contributed by atoms with van der Waals surface area (Å²) in [7, 11) is 0. The van der Waals surface area contributed by atoms with Gasteiger partial charge < -0.3 is 10.6 Å². The average molecular weight is 394 g/mol. The van der Waals surface area contributed by atoms with Crippen LogP contribution in [0.2, 0.25) is 5.02 Å². The third-order valence-corrected chi connectivity index (χ3v) is 4.10. The molecule has 0 aliphatic carbocycles. The number of nitro groups is 1. The molecule has 4 aromatic rings. The van der Waals surface area contributed by atoms with Crippen molar-refractivity contribution < 1.29 is 4.92 Å². The Balaban J connectivity index is 1.74. The minimum Gasteiger partial charge on any atom is -0.334 e. The van der Waals surface area contributed by atoms with Crippen molar-refractivity contribution in [2.45, 2.75) is 0 Å². The third kappa shape index (κ3) is 3.51. The van der Waals surface area contributed by atoms with Gasteiger partial charge in [-0.25, -0.2) is 15.0 Å². The lowest BCUT2D eigenvalue weighted by Gasteiger charge is -2.11. The van der Waals surface area contributed by atoms with Crippen LogP contribution in [-0.2, 0) is 0 Å². The van der Waals surface area contributed by atoms with E-state index in [1.807, 2.05) is 18.2 Å². The summed E-state index contributed by atoms with van der Waals surface area (Å²) in [5.74, 6) is 0.426. The first-order valence-corrected chi connectivity index (χ1v) is 8.48. The van der Waals surface area contributed by atoms with Crippen LogP contribution in [0.5, 0.6) is 0 Å². The zero-order valence-corrected chi connectivity index (χ0v) is 15.0. The maximum Gasteiger partial charge on any atom is 0.353 e. The standard InChI is InChI=1S/C18H12ClN7O2/c19-11-6-7-15(21-9-11)25-18-16(26(27)28)17(22-10-23-18)24-14-5-1-4-13-12(14)3-2-8-20-13/h1-10H,(H2,21,22,23,24,25). The summed E-state index contributed by atoms with van der Waals surface area (Å²) >= 11 is 5.82. The second kappa shape index (κ2) is 7.41. The van der Waals surface area contributed by atoms with Crippen LogP contribution in [0.4, 0.5) is 28.8 Å². The third-order valence-electron chi connectivity index (χ3n) is 3.88. The molecule has 0 atom stereocenters.